The van der Waals surface area contributed by atoms with Gasteiger partial charge >= 0.3 is 0 Å². The van der Waals surface area contributed by atoms with Gasteiger partial charge in [-0.25, -0.2) is 0 Å². The number of carbonyl (C=O) groups excluding carboxylic acids is 1. The van der Waals surface area contributed by atoms with Gasteiger partial charge < -0.3 is 19.7 Å². The normalized spacial score (nSPS) is 21.0. The number of fused-ring (bicyclic) bond motifs is 2. The lowest BCUT2D eigenvalue weighted by Crippen LogP contribution is -2.51. The van der Waals surface area contributed by atoms with Crippen LogP contribution in [-0.4, -0.2) is 86.7 Å². The number of piperidine rings is 1. The molecule has 2 saturated heterocycles. The van der Waals surface area contributed by atoms with Crippen molar-refractivity contribution in [3.05, 3.63) is 94.5 Å². The molecule has 0 radical (unpaired) electrons. The predicted molar refractivity (Wildman–Crippen MR) is 195 cm³/mol. The number of carbonyl (C=O) groups is 1. The first-order chi connectivity index (χ1) is 22.4. The van der Waals surface area contributed by atoms with Crippen LogP contribution in [0.15, 0.2) is 72.8 Å². The van der Waals surface area contributed by atoms with Gasteiger partial charge in [0, 0.05) is 59.8 Å². The van der Waals surface area contributed by atoms with Crippen LogP contribution in [0.2, 0.25) is 5.02 Å². The van der Waals surface area contributed by atoms with Crippen LogP contribution in [0.25, 0.3) is 0 Å². The molecule has 2 aliphatic heterocycles. The number of thioether (sulfide) groups is 2. The highest BCUT2D eigenvalue weighted by Gasteiger charge is 2.46. The SMILES string of the molecule is COc1ccc(CSCCNC(=O)CN(CCSCc2ccc(OC)cc2)CC2C(c3ccc(Cl)cc3)CC3CCC2N3C)cc1. The molecule has 3 aromatic carbocycles. The largest absolute Gasteiger partial charge is 0.497 e. The number of nitrogens with zero attached hydrogens (tertiary/aromatic N) is 2. The predicted octanol–water partition coefficient (Wildman–Crippen LogP) is 7.21. The molecule has 1 amide bonds. The molecule has 0 aliphatic carbocycles. The molecule has 0 saturated carbocycles. The van der Waals surface area contributed by atoms with Crippen molar-refractivity contribution in [3.8, 4) is 11.5 Å². The third-order valence-corrected chi connectivity index (χ3v) is 11.8. The third kappa shape index (κ3) is 9.83. The van der Waals surface area contributed by atoms with E-state index in [1.807, 2.05) is 59.9 Å². The van der Waals surface area contributed by atoms with E-state index in [0.29, 0.717) is 37.0 Å². The Morgan fingerprint density at radius 2 is 1.50 bits per heavy atom. The van der Waals surface area contributed by atoms with Gasteiger partial charge in [0.2, 0.25) is 5.91 Å². The molecule has 4 unspecified atom stereocenters. The topological polar surface area (TPSA) is 54.0 Å². The van der Waals surface area contributed by atoms with Gasteiger partial charge in [0.05, 0.1) is 20.8 Å². The van der Waals surface area contributed by atoms with Crippen LogP contribution in [0.5, 0.6) is 11.5 Å². The molecular formula is C37H48ClN3O3S2. The summed E-state index contributed by atoms with van der Waals surface area (Å²) in [5.74, 6) is 6.51. The monoisotopic (exact) mass is 681 g/mol. The minimum atomic E-state index is 0.113. The molecule has 2 heterocycles. The smallest absolute Gasteiger partial charge is 0.234 e. The first-order valence-electron chi connectivity index (χ1n) is 16.3. The Balaban J connectivity index is 1.18. The molecule has 5 rings (SSSR count). The molecule has 1 N–H and O–H groups in total. The lowest BCUT2D eigenvalue weighted by molar-refractivity contribution is -0.122. The Labute approximate surface area is 288 Å². The number of halogens is 1. The van der Waals surface area contributed by atoms with Gasteiger partial charge in [-0.2, -0.15) is 23.5 Å². The Kier molecular flexibility index (Phi) is 13.4. The van der Waals surface area contributed by atoms with Crippen LogP contribution in [0, 0.1) is 5.92 Å². The zero-order chi connectivity index (χ0) is 32.3. The van der Waals surface area contributed by atoms with E-state index in [1.54, 1.807) is 14.2 Å². The second-order valence-corrected chi connectivity index (χ2v) is 15.1. The number of nitrogens with one attached hydrogen (secondary N) is 1. The lowest BCUT2D eigenvalue weighted by atomic mass is 9.76. The molecule has 0 spiro atoms. The number of hydrogen-bond donors (Lipinski definition) is 1. The molecule has 2 fully saturated rings. The number of methoxy groups -OCH3 is 2. The van der Waals surface area contributed by atoms with E-state index < -0.39 is 0 Å². The van der Waals surface area contributed by atoms with Crippen molar-refractivity contribution in [1.82, 2.24) is 15.1 Å². The third-order valence-electron chi connectivity index (χ3n) is 9.54. The maximum absolute atomic E-state index is 13.3. The van der Waals surface area contributed by atoms with E-state index in [-0.39, 0.29) is 5.91 Å². The lowest BCUT2D eigenvalue weighted by Gasteiger charge is -2.45. The van der Waals surface area contributed by atoms with Crippen LogP contribution in [0.3, 0.4) is 0 Å². The fourth-order valence-electron chi connectivity index (χ4n) is 6.99. The van der Waals surface area contributed by atoms with Crippen molar-refractivity contribution in [2.24, 2.45) is 5.92 Å². The van der Waals surface area contributed by atoms with E-state index in [2.05, 4.69) is 58.6 Å². The number of rotatable bonds is 17. The minimum Gasteiger partial charge on any atom is -0.497 e. The summed E-state index contributed by atoms with van der Waals surface area (Å²) in [6, 6.07) is 26.2. The summed E-state index contributed by atoms with van der Waals surface area (Å²) >= 11 is 10.0. The Hall–Kier alpha value is -2.36. The summed E-state index contributed by atoms with van der Waals surface area (Å²) < 4.78 is 10.6. The van der Waals surface area contributed by atoms with Crippen molar-refractivity contribution < 1.29 is 14.3 Å². The molecule has 2 bridgehead atoms. The van der Waals surface area contributed by atoms with Crippen LogP contribution < -0.4 is 14.8 Å². The average Bonchev–Trinajstić information content (AvgIpc) is 3.32. The molecule has 46 heavy (non-hydrogen) atoms. The summed E-state index contributed by atoms with van der Waals surface area (Å²) in [6.45, 7) is 2.89. The number of benzene rings is 3. The number of ether oxygens (including phenoxy) is 2. The highest BCUT2D eigenvalue weighted by Crippen LogP contribution is 2.46. The van der Waals surface area contributed by atoms with Crippen LogP contribution in [0.4, 0.5) is 0 Å². The second kappa shape index (κ2) is 17.7. The molecule has 248 valence electrons. The maximum Gasteiger partial charge on any atom is 0.234 e. The van der Waals surface area contributed by atoms with Crippen LogP contribution in [0.1, 0.15) is 41.9 Å². The fraction of sp³-hybridized carbons (Fsp3) is 0.486. The minimum absolute atomic E-state index is 0.113. The van der Waals surface area contributed by atoms with Gasteiger partial charge in [-0.05, 0) is 91.2 Å². The molecule has 4 atom stereocenters. The Bertz CT molecular complexity index is 1360. The van der Waals surface area contributed by atoms with Gasteiger partial charge in [-0.15, -0.1) is 0 Å². The summed E-state index contributed by atoms with van der Waals surface area (Å²) in [6.07, 6.45) is 3.65. The quantitative estimate of drug-likeness (QED) is 0.151. The number of amides is 1. The highest BCUT2D eigenvalue weighted by atomic mass is 35.5. The van der Waals surface area contributed by atoms with E-state index >= 15 is 0 Å². The van der Waals surface area contributed by atoms with Gasteiger partial charge in [0.1, 0.15) is 11.5 Å². The molecule has 6 nitrogen and oxygen atoms in total. The molecular weight excluding hydrogens is 634 g/mol. The molecule has 0 aromatic heterocycles. The average molecular weight is 682 g/mol. The zero-order valence-electron chi connectivity index (χ0n) is 27.3. The maximum atomic E-state index is 13.3. The van der Waals surface area contributed by atoms with E-state index in [1.165, 1.54) is 29.5 Å². The van der Waals surface area contributed by atoms with Gasteiger partial charge in [-0.3, -0.25) is 9.69 Å². The summed E-state index contributed by atoms with van der Waals surface area (Å²) in [5.41, 5.74) is 3.93. The fourth-order valence-corrected chi connectivity index (χ4v) is 8.90. The molecule has 3 aromatic rings. The second-order valence-electron chi connectivity index (χ2n) is 12.4. The first-order valence-corrected chi connectivity index (χ1v) is 19.0. The van der Waals surface area contributed by atoms with Crippen molar-refractivity contribution in [2.45, 2.75) is 48.8 Å². The van der Waals surface area contributed by atoms with Crippen LogP contribution in [-0.2, 0) is 16.3 Å². The Morgan fingerprint density at radius 3 is 2.11 bits per heavy atom. The van der Waals surface area contributed by atoms with Crippen LogP contribution >= 0.6 is 35.1 Å². The zero-order valence-corrected chi connectivity index (χ0v) is 29.7. The van der Waals surface area contributed by atoms with Gasteiger partial charge in [0.25, 0.3) is 0 Å². The van der Waals surface area contributed by atoms with Crippen molar-refractivity contribution in [3.63, 3.8) is 0 Å². The summed E-state index contributed by atoms with van der Waals surface area (Å²) in [7, 11) is 5.69. The Morgan fingerprint density at radius 1 is 0.891 bits per heavy atom. The van der Waals surface area contributed by atoms with E-state index in [9.17, 15) is 4.79 Å². The van der Waals surface area contributed by atoms with E-state index in [4.69, 9.17) is 21.1 Å². The molecule has 9 heteroatoms. The van der Waals surface area contributed by atoms with Crippen molar-refractivity contribution >= 4 is 41.0 Å². The summed E-state index contributed by atoms with van der Waals surface area (Å²) in [4.78, 5) is 18.3. The van der Waals surface area contributed by atoms with E-state index in [0.717, 1.165) is 59.0 Å². The summed E-state index contributed by atoms with van der Waals surface area (Å²) in [5, 5.41) is 3.99. The van der Waals surface area contributed by atoms with Crippen molar-refractivity contribution in [2.75, 3.05) is 59.0 Å². The van der Waals surface area contributed by atoms with Gasteiger partial charge in [-0.1, -0.05) is 48.0 Å². The van der Waals surface area contributed by atoms with Gasteiger partial charge in [0.15, 0.2) is 0 Å². The highest BCUT2D eigenvalue weighted by molar-refractivity contribution is 7.98. The molecule has 2 aliphatic rings. The first kappa shape index (κ1) is 35.0. The van der Waals surface area contributed by atoms with Crippen molar-refractivity contribution in [1.29, 1.82) is 0 Å². The standard InChI is InChI=1S/C37H48ClN3O3S2/c1-40-31-12-17-36(40)35(34(22-31)29-8-10-30(38)11-9-29)23-41(19-21-46-26-28-6-15-33(44-3)16-7-28)24-37(42)39-18-20-45-25-27-4-13-32(43-2)14-5-27/h4-11,13-16,31,34-36H,12,17-26H2,1-3H3,(H,39,42). The number of hydrogen-bond acceptors (Lipinski definition) is 7.